The monoisotopic (exact) mass is 502 g/mol. The number of nitrogens with one attached hydrogen (secondary N) is 1. The summed E-state index contributed by atoms with van der Waals surface area (Å²) in [6.45, 7) is 3.49. The standard InChI is InChI=1S/C24H22F4N6O2/c1-23(2)13-34(22(36)32-23)21-30-11-17(19(29)31-21)20(35)33(12-14-6-3-4-9-18(14)25)16-8-5-7-15(10-16)24(26,27)28/h3-11H,12-13H2,1-2H3,(H,32,36)(H2,29,30,31). The predicted octanol–water partition coefficient (Wildman–Crippen LogP) is 4.37. The van der Waals surface area contributed by atoms with Crippen LogP contribution in [0.2, 0.25) is 0 Å². The quantitative estimate of drug-likeness (QED) is 0.504. The molecule has 0 aliphatic carbocycles. The zero-order valence-corrected chi connectivity index (χ0v) is 19.3. The molecule has 1 aliphatic heterocycles. The van der Waals surface area contributed by atoms with Crippen LogP contribution in [0.25, 0.3) is 0 Å². The van der Waals surface area contributed by atoms with Crippen LogP contribution in [0.4, 0.5) is 39.8 Å². The maximum absolute atomic E-state index is 14.4. The van der Waals surface area contributed by atoms with Gasteiger partial charge in [0.1, 0.15) is 17.2 Å². The predicted molar refractivity (Wildman–Crippen MR) is 125 cm³/mol. The highest BCUT2D eigenvalue weighted by Gasteiger charge is 2.37. The van der Waals surface area contributed by atoms with E-state index in [0.717, 1.165) is 29.3 Å². The van der Waals surface area contributed by atoms with Crippen LogP contribution in [0.3, 0.4) is 0 Å². The van der Waals surface area contributed by atoms with Gasteiger partial charge in [0.2, 0.25) is 5.95 Å². The number of benzene rings is 2. The summed E-state index contributed by atoms with van der Waals surface area (Å²) >= 11 is 0. The number of nitrogens with two attached hydrogens (primary N) is 1. The Kier molecular flexibility index (Phi) is 6.29. The van der Waals surface area contributed by atoms with Gasteiger partial charge in [-0.15, -0.1) is 0 Å². The zero-order valence-electron chi connectivity index (χ0n) is 19.3. The Bertz CT molecular complexity index is 1330. The van der Waals surface area contributed by atoms with Gasteiger partial charge in [-0.2, -0.15) is 18.2 Å². The molecule has 188 valence electrons. The van der Waals surface area contributed by atoms with E-state index in [-0.39, 0.29) is 41.7 Å². The van der Waals surface area contributed by atoms with Crippen molar-refractivity contribution in [2.24, 2.45) is 0 Å². The number of hydrogen-bond donors (Lipinski definition) is 2. The van der Waals surface area contributed by atoms with E-state index in [1.165, 1.54) is 29.2 Å². The smallest absolute Gasteiger partial charge is 0.383 e. The molecule has 2 heterocycles. The summed E-state index contributed by atoms with van der Waals surface area (Å²) in [6, 6.07) is 9.26. The summed E-state index contributed by atoms with van der Waals surface area (Å²) < 4.78 is 54.4. The van der Waals surface area contributed by atoms with E-state index < -0.39 is 35.0 Å². The molecule has 0 spiro atoms. The topological polar surface area (TPSA) is 104 Å². The van der Waals surface area contributed by atoms with E-state index >= 15 is 0 Å². The van der Waals surface area contributed by atoms with E-state index in [9.17, 15) is 27.2 Å². The van der Waals surface area contributed by atoms with Gasteiger partial charge in [0.15, 0.2) is 0 Å². The van der Waals surface area contributed by atoms with Crippen molar-refractivity contribution in [1.29, 1.82) is 0 Å². The van der Waals surface area contributed by atoms with Crippen LogP contribution in [-0.4, -0.2) is 34.0 Å². The third-order valence-corrected chi connectivity index (χ3v) is 5.54. The summed E-state index contributed by atoms with van der Waals surface area (Å²) in [4.78, 5) is 36.2. The van der Waals surface area contributed by atoms with Crippen molar-refractivity contribution in [2.75, 3.05) is 22.1 Å². The number of hydrogen-bond acceptors (Lipinski definition) is 5. The summed E-state index contributed by atoms with van der Waals surface area (Å²) in [5.41, 5.74) is 4.25. The Morgan fingerprint density at radius 1 is 1.19 bits per heavy atom. The molecule has 3 N–H and O–H groups in total. The minimum Gasteiger partial charge on any atom is -0.383 e. The van der Waals surface area contributed by atoms with Gasteiger partial charge in [-0.05, 0) is 38.1 Å². The van der Waals surface area contributed by atoms with Gasteiger partial charge in [-0.25, -0.2) is 14.2 Å². The Morgan fingerprint density at radius 2 is 1.92 bits per heavy atom. The average Bonchev–Trinajstić information content (AvgIpc) is 3.09. The van der Waals surface area contributed by atoms with Gasteiger partial charge in [-0.3, -0.25) is 9.69 Å². The molecule has 1 fully saturated rings. The number of amides is 3. The molecule has 1 aliphatic rings. The van der Waals surface area contributed by atoms with E-state index in [2.05, 4.69) is 15.3 Å². The molecule has 3 aromatic rings. The number of carbonyl (C=O) groups excluding carboxylic acids is 2. The largest absolute Gasteiger partial charge is 0.416 e. The highest BCUT2D eigenvalue weighted by Crippen LogP contribution is 2.33. The van der Waals surface area contributed by atoms with Gasteiger partial charge in [0.05, 0.1) is 24.2 Å². The summed E-state index contributed by atoms with van der Waals surface area (Å²) in [5.74, 6) is -1.79. The molecule has 1 aromatic heterocycles. The molecule has 0 bridgehead atoms. The lowest BCUT2D eigenvalue weighted by Crippen LogP contribution is -2.36. The van der Waals surface area contributed by atoms with Crippen LogP contribution in [0, 0.1) is 5.82 Å². The van der Waals surface area contributed by atoms with Crippen molar-refractivity contribution in [2.45, 2.75) is 32.1 Å². The number of carbonyl (C=O) groups is 2. The van der Waals surface area contributed by atoms with Crippen molar-refractivity contribution >= 4 is 29.4 Å². The Hall–Kier alpha value is -4.22. The van der Waals surface area contributed by atoms with E-state index in [1.807, 2.05) is 13.8 Å². The van der Waals surface area contributed by atoms with Gasteiger partial charge in [0.25, 0.3) is 5.91 Å². The van der Waals surface area contributed by atoms with Gasteiger partial charge >= 0.3 is 12.2 Å². The second-order valence-corrected chi connectivity index (χ2v) is 8.90. The number of aromatic nitrogens is 2. The van der Waals surface area contributed by atoms with Crippen LogP contribution >= 0.6 is 0 Å². The second-order valence-electron chi connectivity index (χ2n) is 8.90. The molecular weight excluding hydrogens is 480 g/mol. The van der Waals surface area contributed by atoms with Crippen LogP contribution < -0.4 is 20.9 Å². The minimum atomic E-state index is -4.66. The van der Waals surface area contributed by atoms with Crippen LogP contribution in [0.5, 0.6) is 0 Å². The van der Waals surface area contributed by atoms with Crippen molar-refractivity contribution in [3.63, 3.8) is 0 Å². The first-order chi connectivity index (χ1) is 16.9. The highest BCUT2D eigenvalue weighted by atomic mass is 19.4. The summed E-state index contributed by atoms with van der Waals surface area (Å²) in [6.07, 6.45) is -3.56. The SMILES string of the molecule is CC1(C)CN(c2ncc(C(=O)N(Cc3ccccc3F)c3cccc(C(F)(F)F)c3)c(N)n2)C(=O)N1. The van der Waals surface area contributed by atoms with Crippen molar-refractivity contribution < 1.29 is 27.2 Å². The molecule has 0 atom stereocenters. The normalized spacial score (nSPS) is 15.1. The third-order valence-electron chi connectivity index (χ3n) is 5.54. The number of anilines is 3. The lowest BCUT2D eigenvalue weighted by Gasteiger charge is -2.25. The van der Waals surface area contributed by atoms with Crippen molar-refractivity contribution in [1.82, 2.24) is 15.3 Å². The van der Waals surface area contributed by atoms with Crippen LogP contribution in [0.1, 0.15) is 35.3 Å². The maximum Gasteiger partial charge on any atom is 0.416 e. The van der Waals surface area contributed by atoms with Gasteiger partial charge in [0, 0.05) is 17.4 Å². The summed E-state index contributed by atoms with van der Waals surface area (Å²) in [7, 11) is 0. The van der Waals surface area contributed by atoms with Crippen molar-refractivity contribution in [3.8, 4) is 0 Å². The maximum atomic E-state index is 14.4. The van der Waals surface area contributed by atoms with Gasteiger partial charge < -0.3 is 16.0 Å². The number of urea groups is 1. The van der Waals surface area contributed by atoms with Crippen molar-refractivity contribution in [3.05, 3.63) is 77.2 Å². The first-order valence-corrected chi connectivity index (χ1v) is 10.8. The highest BCUT2D eigenvalue weighted by molar-refractivity contribution is 6.08. The van der Waals surface area contributed by atoms with E-state index in [4.69, 9.17) is 5.73 Å². The number of nitrogens with zero attached hydrogens (tertiary/aromatic N) is 4. The summed E-state index contributed by atoms with van der Waals surface area (Å²) in [5, 5.41) is 2.75. The number of alkyl halides is 3. The molecule has 0 radical (unpaired) electrons. The van der Waals surface area contributed by atoms with Crippen LogP contribution in [-0.2, 0) is 12.7 Å². The molecule has 12 heteroatoms. The molecular formula is C24H22F4N6O2. The second kappa shape index (κ2) is 9.10. The number of halogens is 4. The molecule has 1 saturated heterocycles. The van der Waals surface area contributed by atoms with Gasteiger partial charge in [-0.1, -0.05) is 24.3 Å². The Balaban J connectivity index is 1.72. The Morgan fingerprint density at radius 3 is 2.53 bits per heavy atom. The molecule has 0 saturated carbocycles. The zero-order chi connectivity index (χ0) is 26.3. The average molecular weight is 502 g/mol. The lowest BCUT2D eigenvalue weighted by molar-refractivity contribution is -0.137. The number of rotatable bonds is 5. The minimum absolute atomic E-state index is 0.0353. The van der Waals surface area contributed by atoms with E-state index in [0.29, 0.717) is 0 Å². The molecule has 36 heavy (non-hydrogen) atoms. The first kappa shape index (κ1) is 24.9. The molecule has 2 aromatic carbocycles. The fourth-order valence-electron chi connectivity index (χ4n) is 3.78. The Labute approximate surface area is 203 Å². The fourth-order valence-corrected chi connectivity index (χ4v) is 3.78. The molecule has 4 rings (SSSR count). The van der Waals surface area contributed by atoms with Crippen LogP contribution in [0.15, 0.2) is 54.7 Å². The lowest BCUT2D eigenvalue weighted by atomic mass is 10.1. The number of nitrogen functional groups attached to an aromatic ring is 1. The molecule has 0 unspecified atom stereocenters. The fraction of sp³-hybridized carbons (Fsp3) is 0.250. The van der Waals surface area contributed by atoms with E-state index in [1.54, 1.807) is 6.07 Å². The molecule has 8 nitrogen and oxygen atoms in total. The first-order valence-electron chi connectivity index (χ1n) is 10.8. The molecule has 3 amide bonds. The third kappa shape index (κ3) is 5.07.